The van der Waals surface area contributed by atoms with Crippen LogP contribution >= 0.6 is 11.6 Å². The Labute approximate surface area is 154 Å². The van der Waals surface area contributed by atoms with Gasteiger partial charge in [-0.1, -0.05) is 25.4 Å². The molecule has 0 aliphatic carbocycles. The van der Waals surface area contributed by atoms with Crippen molar-refractivity contribution in [3.63, 3.8) is 0 Å². The molecular formula is C20H26ClNO3. The van der Waals surface area contributed by atoms with Crippen LogP contribution in [-0.2, 0) is 4.79 Å². The number of carbonyl (C=O) groups is 2. The van der Waals surface area contributed by atoms with Crippen LogP contribution in [0.3, 0.4) is 0 Å². The van der Waals surface area contributed by atoms with Crippen LogP contribution in [0, 0.1) is 12.8 Å². The van der Waals surface area contributed by atoms with Crippen molar-refractivity contribution >= 4 is 23.3 Å². The summed E-state index contributed by atoms with van der Waals surface area (Å²) >= 11 is 6.08. The third kappa shape index (κ3) is 3.41. The van der Waals surface area contributed by atoms with E-state index >= 15 is 0 Å². The van der Waals surface area contributed by atoms with Gasteiger partial charge in [0.15, 0.2) is 5.78 Å². The van der Waals surface area contributed by atoms with Crippen LogP contribution in [-0.4, -0.2) is 35.3 Å². The number of ketones is 1. The van der Waals surface area contributed by atoms with Gasteiger partial charge in [-0.15, -0.1) is 0 Å². The molecule has 0 aromatic heterocycles. The maximum atomic E-state index is 12.7. The number of hydrogen-bond acceptors (Lipinski definition) is 3. The number of rotatable bonds is 3. The lowest BCUT2D eigenvalue weighted by molar-refractivity contribution is -0.139. The number of amides is 1. The number of halogens is 1. The molecule has 0 atom stereocenters. The summed E-state index contributed by atoms with van der Waals surface area (Å²) in [5, 5.41) is 0.565. The molecule has 1 fully saturated rings. The van der Waals surface area contributed by atoms with Crippen molar-refractivity contribution in [3.8, 4) is 5.75 Å². The molecule has 2 aliphatic rings. The second-order valence-electron chi connectivity index (χ2n) is 7.32. The van der Waals surface area contributed by atoms with Crippen molar-refractivity contribution in [1.29, 1.82) is 0 Å². The van der Waals surface area contributed by atoms with Gasteiger partial charge in [0.05, 0.1) is 12.0 Å². The highest BCUT2D eigenvalue weighted by Crippen LogP contribution is 2.42. The molecule has 1 saturated heterocycles. The fraction of sp³-hybridized carbons (Fsp3) is 0.600. The second-order valence-corrected chi connectivity index (χ2v) is 7.76. The molecule has 0 bridgehead atoms. The van der Waals surface area contributed by atoms with Crippen molar-refractivity contribution in [2.45, 2.75) is 58.5 Å². The number of carbonyl (C=O) groups excluding carboxylic acids is 2. The zero-order valence-electron chi connectivity index (χ0n) is 15.2. The normalized spacial score (nSPS) is 19.1. The Morgan fingerprint density at radius 2 is 1.92 bits per heavy atom. The molecule has 0 saturated carbocycles. The lowest BCUT2D eigenvalue weighted by Gasteiger charge is -2.44. The van der Waals surface area contributed by atoms with E-state index < -0.39 is 5.60 Å². The highest BCUT2D eigenvalue weighted by molar-refractivity contribution is 6.31. The van der Waals surface area contributed by atoms with Crippen LogP contribution in [0.25, 0.3) is 0 Å². The topological polar surface area (TPSA) is 46.6 Å². The lowest BCUT2D eigenvalue weighted by atomic mass is 9.81. The van der Waals surface area contributed by atoms with Gasteiger partial charge in [0.1, 0.15) is 11.4 Å². The molecule has 1 spiro atoms. The summed E-state index contributed by atoms with van der Waals surface area (Å²) in [6.07, 6.45) is 3.52. The van der Waals surface area contributed by atoms with E-state index in [9.17, 15) is 9.59 Å². The fourth-order valence-corrected chi connectivity index (χ4v) is 4.30. The van der Waals surface area contributed by atoms with Gasteiger partial charge in [0, 0.05) is 36.9 Å². The van der Waals surface area contributed by atoms with E-state index in [1.165, 1.54) is 0 Å². The first-order chi connectivity index (χ1) is 11.9. The first kappa shape index (κ1) is 18.2. The number of ether oxygens (including phenoxy) is 1. The predicted molar refractivity (Wildman–Crippen MR) is 98.4 cm³/mol. The van der Waals surface area contributed by atoms with Crippen LogP contribution in [0.1, 0.15) is 61.9 Å². The molecule has 4 nitrogen and oxygen atoms in total. The Bertz CT molecular complexity index is 688. The molecule has 1 amide bonds. The van der Waals surface area contributed by atoms with Crippen LogP contribution in [0.5, 0.6) is 5.75 Å². The highest BCUT2D eigenvalue weighted by atomic mass is 35.5. The Balaban J connectivity index is 1.76. The Hall–Kier alpha value is -1.55. The standard InChI is InChI=1S/C20H26ClNO3/c1-4-14(5-2)19(24)22-8-6-20(7-9-22)12-17(23)16-11-15(21)10-13(3)18(16)25-20/h10-11,14H,4-9,12H2,1-3H3. The van der Waals surface area contributed by atoms with E-state index in [2.05, 4.69) is 13.8 Å². The number of fused-ring (bicyclic) bond motifs is 1. The van der Waals surface area contributed by atoms with Crippen LogP contribution in [0.15, 0.2) is 12.1 Å². The molecular weight excluding hydrogens is 338 g/mol. The minimum Gasteiger partial charge on any atom is -0.486 e. The third-order valence-electron chi connectivity index (χ3n) is 5.66. The summed E-state index contributed by atoms with van der Waals surface area (Å²) in [6.45, 7) is 7.36. The maximum absolute atomic E-state index is 12.7. The van der Waals surface area contributed by atoms with Crippen molar-refractivity contribution in [1.82, 2.24) is 4.90 Å². The molecule has 1 aromatic carbocycles. The van der Waals surface area contributed by atoms with E-state index in [0.29, 0.717) is 48.7 Å². The van der Waals surface area contributed by atoms with Gasteiger partial charge in [-0.25, -0.2) is 0 Å². The molecule has 25 heavy (non-hydrogen) atoms. The predicted octanol–water partition coefficient (Wildman–Crippen LogP) is 4.41. The number of nitrogens with zero attached hydrogens (tertiary/aromatic N) is 1. The van der Waals surface area contributed by atoms with Gasteiger partial charge in [0.2, 0.25) is 5.91 Å². The van der Waals surface area contributed by atoms with Crippen molar-refractivity contribution in [3.05, 3.63) is 28.3 Å². The van der Waals surface area contributed by atoms with Gasteiger partial charge in [0.25, 0.3) is 0 Å². The van der Waals surface area contributed by atoms with Crippen molar-refractivity contribution in [2.75, 3.05) is 13.1 Å². The van der Waals surface area contributed by atoms with E-state index in [1.807, 2.05) is 17.9 Å². The number of likely N-dealkylation sites (tertiary alicyclic amines) is 1. The Morgan fingerprint density at radius 1 is 1.28 bits per heavy atom. The molecule has 5 heteroatoms. The quantitative estimate of drug-likeness (QED) is 0.799. The minimum absolute atomic E-state index is 0.0895. The molecule has 0 radical (unpaired) electrons. The lowest BCUT2D eigenvalue weighted by Crippen LogP contribution is -2.53. The summed E-state index contributed by atoms with van der Waals surface area (Å²) in [4.78, 5) is 27.2. The zero-order valence-corrected chi connectivity index (χ0v) is 16.0. The molecule has 0 unspecified atom stereocenters. The van der Waals surface area contributed by atoms with Gasteiger partial charge < -0.3 is 9.64 Å². The zero-order chi connectivity index (χ0) is 18.2. The van der Waals surface area contributed by atoms with Crippen LogP contribution in [0.2, 0.25) is 5.02 Å². The first-order valence-corrected chi connectivity index (χ1v) is 9.58. The number of hydrogen-bond donors (Lipinski definition) is 0. The number of benzene rings is 1. The van der Waals surface area contributed by atoms with Gasteiger partial charge in [-0.05, 0) is 37.5 Å². The van der Waals surface area contributed by atoms with Gasteiger partial charge in [-0.3, -0.25) is 9.59 Å². The Kier molecular flexibility index (Phi) is 5.10. The van der Waals surface area contributed by atoms with E-state index in [0.717, 1.165) is 18.4 Å². The van der Waals surface area contributed by atoms with Gasteiger partial charge in [-0.2, -0.15) is 0 Å². The Morgan fingerprint density at radius 3 is 2.52 bits per heavy atom. The maximum Gasteiger partial charge on any atom is 0.225 e. The fourth-order valence-electron chi connectivity index (χ4n) is 4.02. The average Bonchev–Trinajstić information content (AvgIpc) is 2.58. The summed E-state index contributed by atoms with van der Waals surface area (Å²) in [6, 6.07) is 3.53. The first-order valence-electron chi connectivity index (χ1n) is 9.20. The summed E-state index contributed by atoms with van der Waals surface area (Å²) in [5.41, 5.74) is 1.00. The molecule has 2 heterocycles. The highest BCUT2D eigenvalue weighted by Gasteiger charge is 2.44. The molecule has 0 N–H and O–H groups in total. The van der Waals surface area contributed by atoms with Crippen LogP contribution < -0.4 is 4.74 Å². The molecule has 1 aromatic rings. The number of aryl methyl sites for hydroxylation is 1. The largest absolute Gasteiger partial charge is 0.486 e. The SMILES string of the molecule is CCC(CC)C(=O)N1CCC2(CC1)CC(=O)c1cc(Cl)cc(C)c1O2. The van der Waals surface area contributed by atoms with Gasteiger partial charge >= 0.3 is 0 Å². The van der Waals surface area contributed by atoms with E-state index in [1.54, 1.807) is 6.07 Å². The number of Topliss-reactive ketones (excluding diaryl/α,β-unsaturated/α-hetero) is 1. The second kappa shape index (κ2) is 6.99. The van der Waals surface area contributed by atoms with Crippen molar-refractivity contribution < 1.29 is 14.3 Å². The summed E-state index contributed by atoms with van der Waals surface area (Å²) in [7, 11) is 0. The minimum atomic E-state index is -0.479. The molecule has 136 valence electrons. The monoisotopic (exact) mass is 363 g/mol. The third-order valence-corrected chi connectivity index (χ3v) is 5.88. The summed E-state index contributed by atoms with van der Waals surface area (Å²) < 4.78 is 6.34. The summed E-state index contributed by atoms with van der Waals surface area (Å²) in [5.74, 6) is 1.10. The smallest absolute Gasteiger partial charge is 0.225 e. The van der Waals surface area contributed by atoms with Crippen molar-refractivity contribution in [2.24, 2.45) is 5.92 Å². The van der Waals surface area contributed by atoms with Crippen LogP contribution in [0.4, 0.5) is 0 Å². The van der Waals surface area contributed by atoms with E-state index in [4.69, 9.17) is 16.3 Å². The molecule has 2 aliphatic heterocycles. The number of piperidine rings is 1. The molecule has 3 rings (SSSR count). The average molecular weight is 364 g/mol. The van der Waals surface area contributed by atoms with E-state index in [-0.39, 0.29) is 17.6 Å².